The molecular formula is C13H18N4O2S. The van der Waals surface area contributed by atoms with Crippen LogP contribution >= 0.6 is 0 Å². The first kappa shape index (κ1) is 14.7. The lowest BCUT2D eigenvalue weighted by molar-refractivity contribution is 0.457. The molecule has 0 fully saturated rings. The number of benzene rings is 1. The van der Waals surface area contributed by atoms with Gasteiger partial charge in [-0.1, -0.05) is 24.3 Å². The molecule has 0 spiro atoms. The fraction of sp³-hybridized carbons (Fsp3) is 0.308. The van der Waals surface area contributed by atoms with Crippen molar-refractivity contribution in [2.45, 2.75) is 18.1 Å². The maximum atomic E-state index is 12.4. The Morgan fingerprint density at radius 3 is 2.60 bits per heavy atom. The number of sulfonamides is 1. The van der Waals surface area contributed by atoms with Crippen LogP contribution in [0.4, 0.5) is 0 Å². The molecule has 0 atom stereocenters. The van der Waals surface area contributed by atoms with E-state index in [-0.39, 0.29) is 5.03 Å². The van der Waals surface area contributed by atoms with Crippen LogP contribution in [-0.2, 0) is 30.2 Å². The molecule has 0 aliphatic rings. The van der Waals surface area contributed by atoms with Crippen molar-refractivity contribution in [3.8, 4) is 0 Å². The second-order valence-electron chi connectivity index (χ2n) is 4.58. The number of hydrogen-bond donors (Lipinski definition) is 1. The van der Waals surface area contributed by atoms with Crippen molar-refractivity contribution in [2.75, 3.05) is 7.05 Å². The first-order valence-corrected chi connectivity index (χ1v) is 7.61. The van der Waals surface area contributed by atoms with Gasteiger partial charge in [0.2, 0.25) is 0 Å². The van der Waals surface area contributed by atoms with Gasteiger partial charge in [-0.25, -0.2) is 8.42 Å². The van der Waals surface area contributed by atoms with Crippen LogP contribution in [0.1, 0.15) is 11.1 Å². The van der Waals surface area contributed by atoms with Gasteiger partial charge in [-0.3, -0.25) is 4.68 Å². The zero-order valence-electron chi connectivity index (χ0n) is 11.5. The summed E-state index contributed by atoms with van der Waals surface area (Å²) in [4.78, 5) is 0. The summed E-state index contributed by atoms with van der Waals surface area (Å²) in [5.41, 5.74) is 7.47. The van der Waals surface area contributed by atoms with Gasteiger partial charge in [0.1, 0.15) is 0 Å². The van der Waals surface area contributed by atoms with Gasteiger partial charge in [0.25, 0.3) is 10.0 Å². The van der Waals surface area contributed by atoms with Crippen LogP contribution in [0.2, 0.25) is 0 Å². The molecule has 1 heterocycles. The fourth-order valence-electron chi connectivity index (χ4n) is 1.97. The molecule has 0 aliphatic heterocycles. The Morgan fingerprint density at radius 2 is 2.00 bits per heavy atom. The molecule has 7 heteroatoms. The number of rotatable bonds is 5. The quantitative estimate of drug-likeness (QED) is 0.880. The SMILES string of the molecule is CN(Cc1cccc(CN)c1)S(=O)(=O)c1ccnn1C. The Labute approximate surface area is 118 Å². The predicted octanol–water partition coefficient (Wildman–Crippen LogP) is 0.700. The molecular weight excluding hydrogens is 276 g/mol. The first-order valence-electron chi connectivity index (χ1n) is 6.17. The second-order valence-corrected chi connectivity index (χ2v) is 6.57. The molecule has 0 bridgehead atoms. The van der Waals surface area contributed by atoms with Crippen molar-refractivity contribution in [3.63, 3.8) is 0 Å². The van der Waals surface area contributed by atoms with Crippen molar-refractivity contribution in [1.82, 2.24) is 14.1 Å². The molecule has 108 valence electrons. The molecule has 0 saturated carbocycles. The first-order chi connectivity index (χ1) is 9.45. The van der Waals surface area contributed by atoms with E-state index < -0.39 is 10.0 Å². The topological polar surface area (TPSA) is 81.2 Å². The van der Waals surface area contributed by atoms with E-state index in [0.29, 0.717) is 13.1 Å². The molecule has 0 saturated heterocycles. The summed E-state index contributed by atoms with van der Waals surface area (Å²) in [5, 5.41) is 4.07. The highest BCUT2D eigenvalue weighted by molar-refractivity contribution is 7.89. The summed E-state index contributed by atoms with van der Waals surface area (Å²) < 4.78 is 27.5. The minimum absolute atomic E-state index is 0.176. The number of aryl methyl sites for hydroxylation is 1. The predicted molar refractivity (Wildman–Crippen MR) is 76.2 cm³/mol. The van der Waals surface area contributed by atoms with Crippen LogP contribution in [0.15, 0.2) is 41.6 Å². The van der Waals surface area contributed by atoms with Crippen LogP contribution in [0, 0.1) is 0 Å². The Hall–Kier alpha value is -1.70. The van der Waals surface area contributed by atoms with Gasteiger partial charge >= 0.3 is 0 Å². The van der Waals surface area contributed by atoms with E-state index in [2.05, 4.69) is 5.10 Å². The number of nitrogens with two attached hydrogens (primary N) is 1. The van der Waals surface area contributed by atoms with Crippen molar-refractivity contribution in [1.29, 1.82) is 0 Å². The lowest BCUT2D eigenvalue weighted by atomic mass is 10.1. The van der Waals surface area contributed by atoms with Gasteiger partial charge in [-0.15, -0.1) is 0 Å². The van der Waals surface area contributed by atoms with Crippen LogP contribution in [0.25, 0.3) is 0 Å². The molecule has 6 nitrogen and oxygen atoms in total. The second kappa shape index (κ2) is 5.74. The minimum Gasteiger partial charge on any atom is -0.326 e. The summed E-state index contributed by atoms with van der Waals surface area (Å²) >= 11 is 0. The summed E-state index contributed by atoms with van der Waals surface area (Å²) in [5.74, 6) is 0. The molecule has 2 aromatic rings. The highest BCUT2D eigenvalue weighted by Crippen LogP contribution is 2.16. The van der Waals surface area contributed by atoms with E-state index in [0.717, 1.165) is 11.1 Å². The third-order valence-electron chi connectivity index (χ3n) is 3.08. The van der Waals surface area contributed by atoms with Crippen LogP contribution in [0.3, 0.4) is 0 Å². The Bertz CT molecular complexity index is 694. The zero-order chi connectivity index (χ0) is 14.8. The molecule has 0 aliphatic carbocycles. The molecule has 1 aromatic carbocycles. The number of nitrogens with zero attached hydrogens (tertiary/aromatic N) is 3. The van der Waals surface area contributed by atoms with Crippen molar-refractivity contribution < 1.29 is 8.42 Å². The molecule has 0 radical (unpaired) electrons. The van der Waals surface area contributed by atoms with E-state index in [1.165, 1.54) is 21.3 Å². The lowest BCUT2D eigenvalue weighted by Crippen LogP contribution is -2.28. The van der Waals surface area contributed by atoms with Gasteiger partial charge < -0.3 is 5.73 Å². The average molecular weight is 294 g/mol. The molecule has 0 amide bonds. The highest BCUT2D eigenvalue weighted by Gasteiger charge is 2.23. The van der Waals surface area contributed by atoms with E-state index in [4.69, 9.17) is 5.73 Å². The van der Waals surface area contributed by atoms with Crippen LogP contribution < -0.4 is 5.73 Å². The summed E-state index contributed by atoms with van der Waals surface area (Å²) in [6, 6.07) is 9.08. The number of aromatic nitrogens is 2. The summed E-state index contributed by atoms with van der Waals surface area (Å²) in [7, 11) is -0.382. The summed E-state index contributed by atoms with van der Waals surface area (Å²) in [6.07, 6.45) is 1.47. The molecule has 2 rings (SSSR count). The van der Waals surface area contributed by atoms with Crippen LogP contribution in [0.5, 0.6) is 0 Å². The Kier molecular flexibility index (Phi) is 4.22. The van der Waals surface area contributed by atoms with E-state index in [1.54, 1.807) is 14.1 Å². The maximum Gasteiger partial charge on any atom is 0.260 e. The minimum atomic E-state index is -3.54. The standard InChI is InChI=1S/C13H18N4O2S/c1-16(10-12-5-3-4-11(8-12)9-14)20(18,19)13-6-7-15-17(13)2/h3-8H,9-10,14H2,1-2H3. The van der Waals surface area contributed by atoms with Crippen molar-refractivity contribution >= 4 is 10.0 Å². The molecule has 1 aromatic heterocycles. The lowest BCUT2D eigenvalue weighted by Gasteiger charge is -2.17. The summed E-state index contributed by atoms with van der Waals surface area (Å²) in [6.45, 7) is 0.730. The Morgan fingerprint density at radius 1 is 1.30 bits per heavy atom. The van der Waals surface area contributed by atoms with Crippen molar-refractivity contribution in [2.24, 2.45) is 12.8 Å². The monoisotopic (exact) mass is 294 g/mol. The third kappa shape index (κ3) is 2.90. The normalized spacial score (nSPS) is 12.0. The average Bonchev–Trinajstić information content (AvgIpc) is 2.86. The fourth-order valence-corrected chi connectivity index (χ4v) is 3.22. The molecule has 2 N–H and O–H groups in total. The Balaban J connectivity index is 2.23. The van der Waals surface area contributed by atoms with E-state index in [9.17, 15) is 8.42 Å². The number of hydrogen-bond acceptors (Lipinski definition) is 4. The van der Waals surface area contributed by atoms with E-state index >= 15 is 0 Å². The van der Waals surface area contributed by atoms with Gasteiger partial charge in [-0.2, -0.15) is 9.40 Å². The van der Waals surface area contributed by atoms with Crippen molar-refractivity contribution in [3.05, 3.63) is 47.7 Å². The smallest absolute Gasteiger partial charge is 0.260 e. The van der Waals surface area contributed by atoms with Gasteiger partial charge in [0, 0.05) is 27.2 Å². The van der Waals surface area contributed by atoms with Crippen LogP contribution in [-0.4, -0.2) is 29.6 Å². The van der Waals surface area contributed by atoms with E-state index in [1.807, 2.05) is 24.3 Å². The van der Waals surface area contributed by atoms with Gasteiger partial charge in [-0.05, 0) is 17.2 Å². The zero-order valence-corrected chi connectivity index (χ0v) is 12.3. The maximum absolute atomic E-state index is 12.4. The third-order valence-corrected chi connectivity index (χ3v) is 4.96. The molecule has 20 heavy (non-hydrogen) atoms. The highest BCUT2D eigenvalue weighted by atomic mass is 32.2. The largest absolute Gasteiger partial charge is 0.326 e. The van der Waals surface area contributed by atoms with Gasteiger partial charge in [0.15, 0.2) is 5.03 Å². The molecule has 0 unspecified atom stereocenters. The van der Waals surface area contributed by atoms with Gasteiger partial charge in [0.05, 0.1) is 6.20 Å².